The van der Waals surface area contributed by atoms with Crippen molar-refractivity contribution in [1.82, 2.24) is 9.88 Å². The number of benzene rings is 2. The zero-order valence-corrected chi connectivity index (χ0v) is 15.4. The fourth-order valence-corrected chi connectivity index (χ4v) is 3.99. The number of aliphatic hydroxyl groups excluding tert-OH is 1. The smallest absolute Gasteiger partial charge is 0.185 e. The Morgan fingerprint density at radius 3 is 2.65 bits per heavy atom. The van der Waals surface area contributed by atoms with Gasteiger partial charge in [0.15, 0.2) is 5.13 Å². The van der Waals surface area contributed by atoms with Crippen LogP contribution in [0.2, 0.25) is 0 Å². The summed E-state index contributed by atoms with van der Waals surface area (Å²) in [4.78, 5) is 8.96. The highest BCUT2D eigenvalue weighted by molar-refractivity contribution is 7.13. The van der Waals surface area contributed by atoms with Crippen LogP contribution in [0, 0.1) is 0 Å². The molecule has 1 N–H and O–H groups in total. The van der Waals surface area contributed by atoms with E-state index in [1.807, 2.05) is 35.8 Å². The molecule has 1 fully saturated rings. The number of piperazine rings is 1. The average Bonchev–Trinajstić information content (AvgIpc) is 3.22. The lowest BCUT2D eigenvalue weighted by Crippen LogP contribution is -2.49. The standard InChI is InChI=1S/C20H23N3O2S/c24-18(14-22-8-10-23(11-9-22)20-21-7-12-26-20)15-25-19-6-5-16-3-1-2-4-17(16)13-19/h1-7,12-13,18,24H,8-11,14-15H2. The van der Waals surface area contributed by atoms with Gasteiger partial charge < -0.3 is 14.7 Å². The Kier molecular flexibility index (Phi) is 5.34. The number of rotatable bonds is 6. The van der Waals surface area contributed by atoms with Crippen LogP contribution in [0.3, 0.4) is 0 Å². The number of hydrogen-bond donors (Lipinski definition) is 1. The van der Waals surface area contributed by atoms with Gasteiger partial charge in [-0.25, -0.2) is 4.98 Å². The number of β-amino-alcohol motifs (C(OH)–C–C–N with tert-alkyl or cyclic N) is 1. The van der Waals surface area contributed by atoms with Crippen LogP contribution in [-0.2, 0) is 0 Å². The van der Waals surface area contributed by atoms with Crippen LogP contribution < -0.4 is 9.64 Å². The molecule has 1 atom stereocenters. The molecule has 1 aromatic heterocycles. The fourth-order valence-electron chi connectivity index (χ4n) is 3.29. The maximum absolute atomic E-state index is 10.3. The molecule has 3 aromatic rings. The first-order valence-electron chi connectivity index (χ1n) is 8.94. The Balaban J connectivity index is 1.24. The van der Waals surface area contributed by atoms with E-state index in [2.05, 4.69) is 33.0 Å². The quantitative estimate of drug-likeness (QED) is 0.724. The lowest BCUT2D eigenvalue weighted by Gasteiger charge is -2.35. The Hall–Kier alpha value is -2.15. The van der Waals surface area contributed by atoms with E-state index in [0.29, 0.717) is 13.2 Å². The molecule has 5 nitrogen and oxygen atoms in total. The van der Waals surface area contributed by atoms with Crippen LogP contribution in [0.4, 0.5) is 5.13 Å². The van der Waals surface area contributed by atoms with Gasteiger partial charge in [-0.15, -0.1) is 11.3 Å². The van der Waals surface area contributed by atoms with Crippen molar-refractivity contribution >= 4 is 27.2 Å². The van der Waals surface area contributed by atoms with Crippen molar-refractivity contribution in [2.45, 2.75) is 6.10 Å². The second-order valence-corrected chi connectivity index (χ2v) is 7.45. The predicted molar refractivity (Wildman–Crippen MR) is 106 cm³/mol. The molecular weight excluding hydrogens is 346 g/mol. The highest BCUT2D eigenvalue weighted by atomic mass is 32.1. The van der Waals surface area contributed by atoms with E-state index >= 15 is 0 Å². The Morgan fingerprint density at radius 1 is 1.08 bits per heavy atom. The first-order chi connectivity index (χ1) is 12.8. The van der Waals surface area contributed by atoms with Crippen LogP contribution in [0.15, 0.2) is 54.0 Å². The normalized spacial score (nSPS) is 16.7. The summed E-state index contributed by atoms with van der Waals surface area (Å²) < 4.78 is 5.80. The third-order valence-electron chi connectivity index (χ3n) is 4.69. The second-order valence-electron chi connectivity index (χ2n) is 6.58. The molecule has 0 saturated carbocycles. The first kappa shape index (κ1) is 17.3. The minimum absolute atomic E-state index is 0.311. The predicted octanol–water partition coefficient (Wildman–Crippen LogP) is 2.86. The van der Waals surface area contributed by atoms with Crippen LogP contribution in [0.5, 0.6) is 5.75 Å². The highest BCUT2D eigenvalue weighted by Gasteiger charge is 2.20. The lowest BCUT2D eigenvalue weighted by molar-refractivity contribution is 0.0663. The second kappa shape index (κ2) is 8.03. The number of ether oxygens (including phenoxy) is 1. The van der Waals surface area contributed by atoms with Gasteiger partial charge in [0.05, 0.1) is 0 Å². The molecule has 2 heterocycles. The number of thiazole rings is 1. The Labute approximate surface area is 157 Å². The van der Waals surface area contributed by atoms with E-state index in [1.165, 1.54) is 5.39 Å². The van der Waals surface area contributed by atoms with Crippen molar-refractivity contribution in [3.63, 3.8) is 0 Å². The van der Waals surface area contributed by atoms with E-state index in [0.717, 1.165) is 42.4 Å². The topological polar surface area (TPSA) is 48.8 Å². The third-order valence-corrected chi connectivity index (χ3v) is 5.53. The van der Waals surface area contributed by atoms with E-state index in [4.69, 9.17) is 4.74 Å². The van der Waals surface area contributed by atoms with Crippen molar-refractivity contribution < 1.29 is 9.84 Å². The van der Waals surface area contributed by atoms with Crippen LogP contribution in [-0.4, -0.2) is 60.4 Å². The van der Waals surface area contributed by atoms with Gasteiger partial charge in [0, 0.05) is 44.3 Å². The maximum atomic E-state index is 10.3. The summed E-state index contributed by atoms with van der Waals surface area (Å²) in [5, 5.41) is 15.8. The SMILES string of the molecule is OC(COc1ccc2ccccc2c1)CN1CCN(c2nccs2)CC1. The molecule has 136 valence electrons. The summed E-state index contributed by atoms with van der Waals surface area (Å²) in [5.41, 5.74) is 0. The fraction of sp³-hybridized carbons (Fsp3) is 0.350. The molecule has 0 aliphatic carbocycles. The Morgan fingerprint density at radius 2 is 1.88 bits per heavy atom. The molecule has 4 rings (SSSR count). The summed E-state index contributed by atoms with van der Waals surface area (Å²) in [6, 6.07) is 14.2. The third kappa shape index (κ3) is 4.15. The zero-order chi connectivity index (χ0) is 17.8. The van der Waals surface area contributed by atoms with Gasteiger partial charge in [-0.05, 0) is 22.9 Å². The largest absolute Gasteiger partial charge is 0.491 e. The van der Waals surface area contributed by atoms with Gasteiger partial charge in [0.25, 0.3) is 0 Å². The zero-order valence-electron chi connectivity index (χ0n) is 14.6. The molecule has 1 aliphatic heterocycles. The molecule has 2 aromatic carbocycles. The molecule has 0 radical (unpaired) electrons. The number of aromatic nitrogens is 1. The van der Waals surface area contributed by atoms with Gasteiger partial charge in [-0.2, -0.15) is 0 Å². The lowest BCUT2D eigenvalue weighted by atomic mass is 10.1. The van der Waals surface area contributed by atoms with E-state index < -0.39 is 6.10 Å². The molecule has 6 heteroatoms. The first-order valence-corrected chi connectivity index (χ1v) is 9.82. The summed E-state index contributed by atoms with van der Waals surface area (Å²) in [6.45, 7) is 4.72. The van der Waals surface area contributed by atoms with Crippen LogP contribution in [0.1, 0.15) is 0 Å². The molecule has 0 spiro atoms. The van der Waals surface area contributed by atoms with E-state index in [1.54, 1.807) is 11.3 Å². The van der Waals surface area contributed by atoms with Gasteiger partial charge in [-0.1, -0.05) is 30.3 Å². The average molecular weight is 369 g/mol. The van der Waals surface area contributed by atoms with E-state index in [9.17, 15) is 5.11 Å². The van der Waals surface area contributed by atoms with Gasteiger partial charge in [0.1, 0.15) is 18.5 Å². The number of fused-ring (bicyclic) bond motifs is 1. The number of aliphatic hydroxyl groups is 1. The summed E-state index contributed by atoms with van der Waals surface area (Å²) in [7, 11) is 0. The van der Waals surface area contributed by atoms with Crippen molar-refractivity contribution in [2.24, 2.45) is 0 Å². The highest BCUT2D eigenvalue weighted by Crippen LogP contribution is 2.21. The molecule has 1 saturated heterocycles. The van der Waals surface area contributed by atoms with Gasteiger partial charge in [-0.3, -0.25) is 4.90 Å². The molecule has 0 bridgehead atoms. The van der Waals surface area contributed by atoms with E-state index in [-0.39, 0.29) is 0 Å². The van der Waals surface area contributed by atoms with Crippen molar-refractivity contribution in [2.75, 3.05) is 44.2 Å². The van der Waals surface area contributed by atoms with Crippen LogP contribution >= 0.6 is 11.3 Å². The maximum Gasteiger partial charge on any atom is 0.185 e. The molecule has 0 amide bonds. The van der Waals surface area contributed by atoms with Crippen molar-refractivity contribution in [1.29, 1.82) is 0 Å². The number of nitrogens with zero attached hydrogens (tertiary/aromatic N) is 3. The van der Waals surface area contributed by atoms with Gasteiger partial charge >= 0.3 is 0 Å². The summed E-state index contributed by atoms with van der Waals surface area (Å²) in [5.74, 6) is 0.802. The molecular formula is C20H23N3O2S. The summed E-state index contributed by atoms with van der Waals surface area (Å²) in [6.07, 6.45) is 1.35. The van der Waals surface area contributed by atoms with Gasteiger partial charge in [0.2, 0.25) is 0 Å². The monoisotopic (exact) mass is 369 g/mol. The number of anilines is 1. The summed E-state index contributed by atoms with van der Waals surface area (Å²) >= 11 is 1.68. The molecule has 1 unspecified atom stereocenters. The minimum Gasteiger partial charge on any atom is -0.491 e. The minimum atomic E-state index is -0.493. The molecule has 26 heavy (non-hydrogen) atoms. The van der Waals surface area contributed by atoms with Crippen LogP contribution in [0.25, 0.3) is 10.8 Å². The number of hydrogen-bond acceptors (Lipinski definition) is 6. The van der Waals surface area contributed by atoms with Crippen molar-refractivity contribution in [3.05, 3.63) is 54.0 Å². The van der Waals surface area contributed by atoms with Crippen molar-refractivity contribution in [3.8, 4) is 5.75 Å². The Bertz CT molecular complexity index is 832. The molecule has 1 aliphatic rings.